The largest absolute Gasteiger partial charge is 0.344 e. The van der Waals surface area contributed by atoms with E-state index in [1.807, 2.05) is 60.7 Å². The molecule has 1 aliphatic heterocycles. The zero-order chi connectivity index (χ0) is 18.5. The van der Waals surface area contributed by atoms with E-state index in [1.54, 1.807) is 18.6 Å². The summed E-state index contributed by atoms with van der Waals surface area (Å²) >= 11 is 0. The first kappa shape index (κ1) is 17.3. The molecule has 3 unspecified atom stereocenters. The predicted molar refractivity (Wildman–Crippen MR) is 102 cm³/mol. The maximum Gasteiger partial charge on any atom is 0.239 e. The summed E-state index contributed by atoms with van der Waals surface area (Å²) in [7, 11) is 0. The van der Waals surface area contributed by atoms with Crippen LogP contribution in [-0.2, 0) is 4.79 Å². The van der Waals surface area contributed by atoms with Gasteiger partial charge >= 0.3 is 0 Å². The molecule has 0 saturated carbocycles. The number of hydrogen-bond donors (Lipinski definition) is 3. The topological polar surface area (TPSA) is 78.9 Å². The minimum Gasteiger partial charge on any atom is -0.344 e. The molecule has 0 aliphatic carbocycles. The maximum atomic E-state index is 12.9. The van der Waals surface area contributed by atoms with Crippen LogP contribution in [0.4, 0.5) is 0 Å². The molecule has 1 aliphatic rings. The van der Waals surface area contributed by atoms with Gasteiger partial charge in [-0.15, -0.1) is 0 Å². The zero-order valence-electron chi connectivity index (χ0n) is 14.7. The summed E-state index contributed by atoms with van der Waals surface area (Å²) in [5.74, 6) is -0.0568. The van der Waals surface area contributed by atoms with Crippen molar-refractivity contribution in [2.24, 2.45) is 0 Å². The number of benzene rings is 1. The molecule has 6 heteroatoms. The number of hydrogen-bond acceptors (Lipinski definition) is 5. The van der Waals surface area contributed by atoms with E-state index in [4.69, 9.17) is 0 Å². The van der Waals surface area contributed by atoms with Gasteiger partial charge in [0.05, 0.1) is 17.8 Å². The summed E-state index contributed by atoms with van der Waals surface area (Å²) in [5.41, 5.74) is 9.16. The molecule has 1 saturated heterocycles. The van der Waals surface area contributed by atoms with Gasteiger partial charge in [0.2, 0.25) is 5.91 Å². The fourth-order valence-electron chi connectivity index (χ4n) is 3.30. The Morgan fingerprint density at radius 3 is 2.52 bits per heavy atom. The molecule has 3 aromatic rings. The van der Waals surface area contributed by atoms with E-state index in [9.17, 15) is 4.79 Å². The molecule has 0 spiro atoms. The van der Waals surface area contributed by atoms with Crippen molar-refractivity contribution in [3.8, 4) is 0 Å². The van der Waals surface area contributed by atoms with Crippen molar-refractivity contribution in [3.05, 3.63) is 96.1 Å². The molecule has 4 rings (SSSR count). The number of nitrogens with one attached hydrogen (secondary N) is 3. The summed E-state index contributed by atoms with van der Waals surface area (Å²) in [4.78, 5) is 21.5. The summed E-state index contributed by atoms with van der Waals surface area (Å²) < 4.78 is 0. The van der Waals surface area contributed by atoms with Gasteiger partial charge in [0.15, 0.2) is 0 Å². The molecule has 2 aromatic heterocycles. The number of amides is 1. The van der Waals surface area contributed by atoms with Gasteiger partial charge in [0.1, 0.15) is 6.04 Å². The van der Waals surface area contributed by atoms with Crippen molar-refractivity contribution in [1.82, 2.24) is 26.1 Å². The van der Waals surface area contributed by atoms with Gasteiger partial charge in [-0.2, -0.15) is 0 Å². The summed E-state index contributed by atoms with van der Waals surface area (Å²) in [6.45, 7) is 0. The highest BCUT2D eigenvalue weighted by atomic mass is 16.2. The Bertz CT molecular complexity index is 833. The van der Waals surface area contributed by atoms with Gasteiger partial charge in [-0.3, -0.25) is 14.8 Å². The molecule has 27 heavy (non-hydrogen) atoms. The molecule has 3 heterocycles. The summed E-state index contributed by atoms with van der Waals surface area (Å²) in [6.07, 6.45) is 5.91. The van der Waals surface area contributed by atoms with E-state index in [1.165, 1.54) is 0 Å². The third kappa shape index (κ3) is 4.02. The Labute approximate surface area is 158 Å². The van der Waals surface area contributed by atoms with Crippen LogP contribution in [0.1, 0.15) is 35.3 Å². The Hall–Kier alpha value is -3.09. The SMILES string of the molecule is O=C(NC(c1ccccc1)c1cccnc1)C1CC(c2ccccn2)NN1. The molecule has 1 amide bonds. The van der Waals surface area contributed by atoms with Gasteiger partial charge < -0.3 is 5.32 Å². The molecule has 1 fully saturated rings. The first-order valence-electron chi connectivity index (χ1n) is 8.98. The predicted octanol–water partition coefficient (Wildman–Crippen LogP) is 2.29. The van der Waals surface area contributed by atoms with Gasteiger partial charge in [0, 0.05) is 18.6 Å². The van der Waals surface area contributed by atoms with Crippen molar-refractivity contribution < 1.29 is 4.79 Å². The van der Waals surface area contributed by atoms with Crippen LogP contribution in [0.5, 0.6) is 0 Å². The lowest BCUT2D eigenvalue weighted by atomic mass is 9.99. The molecule has 3 atom stereocenters. The quantitative estimate of drug-likeness (QED) is 0.651. The van der Waals surface area contributed by atoms with E-state index in [0.717, 1.165) is 16.8 Å². The zero-order valence-corrected chi connectivity index (χ0v) is 14.7. The molecule has 3 N–H and O–H groups in total. The van der Waals surface area contributed by atoms with Crippen LogP contribution in [-0.4, -0.2) is 21.9 Å². The van der Waals surface area contributed by atoms with Gasteiger partial charge in [-0.1, -0.05) is 42.5 Å². The smallest absolute Gasteiger partial charge is 0.239 e. The lowest BCUT2D eigenvalue weighted by Crippen LogP contribution is -2.44. The van der Waals surface area contributed by atoms with Crippen molar-refractivity contribution >= 4 is 5.91 Å². The van der Waals surface area contributed by atoms with Crippen molar-refractivity contribution in [1.29, 1.82) is 0 Å². The number of pyridine rings is 2. The maximum absolute atomic E-state index is 12.9. The van der Waals surface area contributed by atoms with Crippen LogP contribution >= 0.6 is 0 Å². The first-order valence-corrected chi connectivity index (χ1v) is 8.98. The van der Waals surface area contributed by atoms with E-state index >= 15 is 0 Å². The molecule has 0 bridgehead atoms. The minimum absolute atomic E-state index is 0.00974. The Kier molecular flexibility index (Phi) is 5.18. The molecular formula is C21H21N5O. The fraction of sp³-hybridized carbons (Fsp3) is 0.190. The van der Waals surface area contributed by atoms with E-state index < -0.39 is 0 Å². The van der Waals surface area contributed by atoms with Gasteiger partial charge in [0.25, 0.3) is 0 Å². The normalized spacial score (nSPS) is 20.1. The van der Waals surface area contributed by atoms with Gasteiger partial charge in [-0.05, 0) is 35.7 Å². The number of carbonyl (C=O) groups is 1. The van der Waals surface area contributed by atoms with Crippen LogP contribution in [0.25, 0.3) is 0 Å². The van der Waals surface area contributed by atoms with Crippen LogP contribution < -0.4 is 16.2 Å². The van der Waals surface area contributed by atoms with Gasteiger partial charge in [-0.25, -0.2) is 10.9 Å². The van der Waals surface area contributed by atoms with E-state index in [2.05, 4.69) is 26.1 Å². The summed E-state index contributed by atoms with van der Waals surface area (Å²) in [6, 6.07) is 19.0. The Balaban J connectivity index is 1.49. The first-order chi connectivity index (χ1) is 13.3. The average Bonchev–Trinajstić information content (AvgIpc) is 3.24. The highest BCUT2D eigenvalue weighted by Crippen LogP contribution is 2.24. The third-order valence-electron chi connectivity index (χ3n) is 4.70. The number of nitrogens with zero attached hydrogens (tertiary/aromatic N) is 2. The van der Waals surface area contributed by atoms with Crippen molar-refractivity contribution in [2.45, 2.75) is 24.5 Å². The lowest BCUT2D eigenvalue weighted by Gasteiger charge is -2.21. The van der Waals surface area contributed by atoms with E-state index in [0.29, 0.717) is 6.42 Å². The number of hydrazine groups is 1. The highest BCUT2D eigenvalue weighted by Gasteiger charge is 2.32. The van der Waals surface area contributed by atoms with E-state index in [-0.39, 0.29) is 24.0 Å². The van der Waals surface area contributed by atoms with Crippen molar-refractivity contribution in [2.75, 3.05) is 0 Å². The average molecular weight is 359 g/mol. The molecular weight excluding hydrogens is 338 g/mol. The Morgan fingerprint density at radius 1 is 0.963 bits per heavy atom. The molecule has 6 nitrogen and oxygen atoms in total. The van der Waals surface area contributed by atoms with Crippen LogP contribution in [0.2, 0.25) is 0 Å². The highest BCUT2D eigenvalue weighted by molar-refractivity contribution is 5.83. The standard InChI is InChI=1S/C21H21N5O/c27-21(19-13-18(25-26-19)17-10-4-5-12-23-17)24-20(15-7-2-1-3-8-15)16-9-6-11-22-14-16/h1-12,14,18-20,25-26H,13H2,(H,24,27). The minimum atomic E-state index is -0.333. The second kappa shape index (κ2) is 8.07. The molecule has 136 valence electrons. The summed E-state index contributed by atoms with van der Waals surface area (Å²) in [5, 5.41) is 3.16. The lowest BCUT2D eigenvalue weighted by molar-refractivity contribution is -0.123. The molecule has 0 radical (unpaired) electrons. The van der Waals surface area contributed by atoms with Crippen molar-refractivity contribution in [3.63, 3.8) is 0 Å². The number of carbonyl (C=O) groups excluding carboxylic acids is 1. The number of rotatable bonds is 5. The second-order valence-corrected chi connectivity index (χ2v) is 6.52. The second-order valence-electron chi connectivity index (χ2n) is 6.52. The van der Waals surface area contributed by atoms with Crippen LogP contribution in [0, 0.1) is 0 Å². The van der Waals surface area contributed by atoms with Crippen LogP contribution in [0.3, 0.4) is 0 Å². The monoisotopic (exact) mass is 359 g/mol. The molecule has 1 aromatic carbocycles. The fourth-order valence-corrected chi connectivity index (χ4v) is 3.30. The third-order valence-corrected chi connectivity index (χ3v) is 4.70. The number of aromatic nitrogens is 2. The van der Waals surface area contributed by atoms with Crippen LogP contribution in [0.15, 0.2) is 79.3 Å². The Morgan fingerprint density at radius 2 is 1.78 bits per heavy atom.